The summed E-state index contributed by atoms with van der Waals surface area (Å²) in [6.45, 7) is 0. The van der Waals surface area contributed by atoms with E-state index in [1.165, 1.54) is 33.5 Å². The van der Waals surface area contributed by atoms with Crippen molar-refractivity contribution in [1.82, 2.24) is 0 Å². The molecule has 0 fully saturated rings. The summed E-state index contributed by atoms with van der Waals surface area (Å²) in [5.41, 5.74) is 2.07. The Morgan fingerprint density at radius 2 is 1.30 bits per heavy atom. The first-order valence-corrected chi connectivity index (χ1v) is 10.1. The molecule has 0 aliphatic carbocycles. The Balaban J connectivity index is 1.65. The average molecular weight is 444 g/mol. The summed E-state index contributed by atoms with van der Waals surface area (Å²) < 4.78 is 21.2. The minimum Gasteiger partial charge on any atom is -0.493 e. The van der Waals surface area contributed by atoms with Gasteiger partial charge in [0.15, 0.2) is 17.3 Å². The molecule has 3 rings (SSSR count). The van der Waals surface area contributed by atoms with Gasteiger partial charge >= 0.3 is 5.97 Å². The average Bonchev–Trinajstić information content (AvgIpc) is 2.86. The molecule has 0 saturated carbocycles. The van der Waals surface area contributed by atoms with Crippen molar-refractivity contribution in [1.29, 1.82) is 0 Å². The van der Waals surface area contributed by atoms with Gasteiger partial charge in [0.25, 0.3) is 0 Å². The molecule has 0 heterocycles. The van der Waals surface area contributed by atoms with E-state index >= 15 is 0 Å². The first-order chi connectivity index (χ1) is 16.0. The summed E-state index contributed by atoms with van der Waals surface area (Å²) in [6, 6.07) is 19.3. The van der Waals surface area contributed by atoms with Crippen LogP contribution in [0.5, 0.6) is 23.0 Å². The molecule has 0 saturated heterocycles. The van der Waals surface area contributed by atoms with Gasteiger partial charge in [-0.1, -0.05) is 36.4 Å². The molecule has 168 valence electrons. The topological polar surface area (TPSA) is 71.1 Å². The van der Waals surface area contributed by atoms with Crippen LogP contribution in [0.15, 0.2) is 78.9 Å². The maximum atomic E-state index is 12.5. The van der Waals surface area contributed by atoms with Crippen molar-refractivity contribution in [2.45, 2.75) is 0 Å². The minimum atomic E-state index is -0.500. The second kappa shape index (κ2) is 11.3. The number of benzene rings is 3. The van der Waals surface area contributed by atoms with Crippen LogP contribution in [0.3, 0.4) is 0 Å². The molecule has 0 radical (unpaired) electrons. The molecule has 0 bridgehead atoms. The molecule has 6 nitrogen and oxygen atoms in total. The molecule has 0 amide bonds. The van der Waals surface area contributed by atoms with Gasteiger partial charge in [-0.15, -0.1) is 0 Å². The fraction of sp³-hybridized carbons (Fsp3) is 0.111. The zero-order chi connectivity index (χ0) is 23.6. The van der Waals surface area contributed by atoms with Crippen LogP contribution in [-0.4, -0.2) is 33.1 Å². The van der Waals surface area contributed by atoms with E-state index < -0.39 is 5.97 Å². The van der Waals surface area contributed by atoms with Gasteiger partial charge in [-0.25, -0.2) is 4.79 Å². The quantitative estimate of drug-likeness (QED) is 0.195. The van der Waals surface area contributed by atoms with E-state index in [4.69, 9.17) is 18.9 Å². The summed E-state index contributed by atoms with van der Waals surface area (Å²) in [6.07, 6.45) is 6.14. The number of rotatable bonds is 9. The second-order valence-corrected chi connectivity index (χ2v) is 6.85. The lowest BCUT2D eigenvalue weighted by molar-refractivity contribution is -0.128. The van der Waals surface area contributed by atoms with Gasteiger partial charge in [0.1, 0.15) is 5.75 Å². The number of ketones is 1. The highest BCUT2D eigenvalue weighted by Gasteiger charge is 2.12. The molecule has 0 aliphatic heterocycles. The summed E-state index contributed by atoms with van der Waals surface area (Å²) in [4.78, 5) is 24.5. The third-order valence-corrected chi connectivity index (χ3v) is 4.68. The van der Waals surface area contributed by atoms with Gasteiger partial charge in [0, 0.05) is 11.6 Å². The van der Waals surface area contributed by atoms with Crippen molar-refractivity contribution in [3.63, 3.8) is 0 Å². The Labute approximate surface area is 192 Å². The summed E-state index contributed by atoms with van der Waals surface area (Å²) >= 11 is 0. The molecular formula is C27H24O6. The second-order valence-electron chi connectivity index (χ2n) is 6.85. The highest BCUT2D eigenvalue weighted by Crippen LogP contribution is 2.38. The number of ether oxygens (including phenoxy) is 4. The van der Waals surface area contributed by atoms with Crippen LogP contribution in [0.25, 0.3) is 12.2 Å². The fourth-order valence-corrected chi connectivity index (χ4v) is 3.03. The highest BCUT2D eigenvalue weighted by atomic mass is 16.5. The largest absolute Gasteiger partial charge is 0.493 e. The predicted octanol–water partition coefficient (Wildman–Crippen LogP) is 5.23. The van der Waals surface area contributed by atoms with Gasteiger partial charge in [0.05, 0.1) is 21.3 Å². The van der Waals surface area contributed by atoms with Crippen LogP contribution in [0.1, 0.15) is 21.5 Å². The summed E-state index contributed by atoms with van der Waals surface area (Å²) in [7, 11) is 4.59. The van der Waals surface area contributed by atoms with E-state index in [1.807, 2.05) is 30.3 Å². The van der Waals surface area contributed by atoms with Gasteiger partial charge in [0.2, 0.25) is 5.75 Å². The van der Waals surface area contributed by atoms with Crippen LogP contribution in [0, 0.1) is 0 Å². The molecule has 0 spiro atoms. The third kappa shape index (κ3) is 6.33. The summed E-state index contributed by atoms with van der Waals surface area (Å²) in [5, 5.41) is 0. The standard InChI is InChI=1S/C27H24O6/c1-30-24-17-20(18-25(31-2)27(24)32-3)9-15-23(28)21-11-13-22(14-12-21)33-26(29)16-10-19-7-5-4-6-8-19/h4-18H,1-3H3. The van der Waals surface area contributed by atoms with Crippen molar-refractivity contribution < 1.29 is 28.5 Å². The number of carbonyl (C=O) groups excluding carboxylic acids is 2. The molecule has 6 heteroatoms. The molecule has 3 aromatic rings. The molecule has 33 heavy (non-hydrogen) atoms. The lowest BCUT2D eigenvalue weighted by Crippen LogP contribution is -2.04. The van der Waals surface area contributed by atoms with E-state index in [0.717, 1.165) is 5.56 Å². The Morgan fingerprint density at radius 1 is 0.697 bits per heavy atom. The number of hydrogen-bond donors (Lipinski definition) is 0. The fourth-order valence-electron chi connectivity index (χ4n) is 3.03. The van der Waals surface area contributed by atoms with Crippen molar-refractivity contribution in [2.75, 3.05) is 21.3 Å². The Kier molecular flexibility index (Phi) is 8.02. The SMILES string of the molecule is COc1cc(C=CC(=O)c2ccc(OC(=O)C=Cc3ccccc3)cc2)cc(OC)c1OC. The minimum absolute atomic E-state index is 0.203. The third-order valence-electron chi connectivity index (χ3n) is 4.68. The Morgan fingerprint density at radius 3 is 1.88 bits per heavy atom. The molecule has 0 aromatic heterocycles. The number of hydrogen-bond acceptors (Lipinski definition) is 6. The van der Waals surface area contributed by atoms with Crippen LogP contribution < -0.4 is 18.9 Å². The normalized spacial score (nSPS) is 10.9. The van der Waals surface area contributed by atoms with Crippen LogP contribution in [0.4, 0.5) is 0 Å². The number of esters is 1. The van der Waals surface area contributed by atoms with Gasteiger partial charge in [-0.05, 0) is 59.7 Å². The van der Waals surface area contributed by atoms with E-state index in [-0.39, 0.29) is 5.78 Å². The smallest absolute Gasteiger partial charge is 0.336 e. The molecule has 0 aliphatic rings. The monoisotopic (exact) mass is 444 g/mol. The van der Waals surface area contributed by atoms with Gasteiger partial charge in [-0.3, -0.25) is 4.79 Å². The number of allylic oxidation sites excluding steroid dienone is 1. The maximum absolute atomic E-state index is 12.5. The predicted molar refractivity (Wildman–Crippen MR) is 127 cm³/mol. The van der Waals surface area contributed by atoms with E-state index in [9.17, 15) is 9.59 Å². The zero-order valence-electron chi connectivity index (χ0n) is 18.6. The first kappa shape index (κ1) is 23.3. The molecule has 3 aromatic carbocycles. The maximum Gasteiger partial charge on any atom is 0.336 e. The van der Waals surface area contributed by atoms with Gasteiger partial charge < -0.3 is 18.9 Å². The van der Waals surface area contributed by atoms with E-state index in [0.29, 0.717) is 34.1 Å². The molecule has 0 N–H and O–H groups in total. The van der Waals surface area contributed by atoms with Crippen LogP contribution >= 0.6 is 0 Å². The van der Waals surface area contributed by atoms with Gasteiger partial charge in [-0.2, -0.15) is 0 Å². The molecule has 0 atom stereocenters. The Hall–Kier alpha value is -4.32. The highest BCUT2D eigenvalue weighted by molar-refractivity contribution is 6.07. The van der Waals surface area contributed by atoms with E-state index in [1.54, 1.807) is 48.6 Å². The van der Waals surface area contributed by atoms with Crippen LogP contribution in [-0.2, 0) is 4.79 Å². The lowest BCUT2D eigenvalue weighted by Gasteiger charge is -2.12. The van der Waals surface area contributed by atoms with E-state index in [2.05, 4.69) is 0 Å². The van der Waals surface area contributed by atoms with Crippen molar-refractivity contribution in [3.8, 4) is 23.0 Å². The lowest BCUT2D eigenvalue weighted by atomic mass is 10.1. The number of carbonyl (C=O) groups is 2. The zero-order valence-corrected chi connectivity index (χ0v) is 18.6. The number of methoxy groups -OCH3 is 3. The van der Waals surface area contributed by atoms with Crippen molar-refractivity contribution in [2.24, 2.45) is 0 Å². The van der Waals surface area contributed by atoms with Crippen molar-refractivity contribution >= 4 is 23.9 Å². The Bertz CT molecular complexity index is 1140. The molecule has 0 unspecified atom stereocenters. The molecular weight excluding hydrogens is 420 g/mol. The van der Waals surface area contributed by atoms with Crippen molar-refractivity contribution in [3.05, 3.63) is 95.6 Å². The first-order valence-electron chi connectivity index (χ1n) is 10.1. The summed E-state index contributed by atoms with van der Waals surface area (Å²) in [5.74, 6) is 1.12. The van der Waals surface area contributed by atoms with Crippen LogP contribution in [0.2, 0.25) is 0 Å².